The maximum Gasteiger partial charge on any atom is 0.189 e. The van der Waals surface area contributed by atoms with E-state index in [4.69, 9.17) is 0 Å². The van der Waals surface area contributed by atoms with Crippen LogP contribution in [-0.2, 0) is 6.54 Å². The van der Waals surface area contributed by atoms with Gasteiger partial charge in [0.25, 0.3) is 0 Å². The van der Waals surface area contributed by atoms with Crippen molar-refractivity contribution in [3.05, 3.63) is 46.8 Å². The Labute approximate surface area is 120 Å². The van der Waals surface area contributed by atoms with E-state index >= 15 is 0 Å². The molecule has 0 spiro atoms. The fraction of sp³-hybridized carbons (Fsp3) is 0.471. The highest BCUT2D eigenvalue weighted by Crippen LogP contribution is 2.11. The van der Waals surface area contributed by atoms with E-state index in [9.17, 15) is 4.79 Å². The predicted octanol–water partition coefficient (Wildman–Crippen LogP) is 3.17. The minimum atomic E-state index is 0.102. The van der Waals surface area contributed by atoms with Crippen molar-refractivity contribution in [3.8, 4) is 0 Å². The number of hydrogen-bond acceptors (Lipinski definition) is 2. The molecule has 2 rings (SSSR count). The Balaban J connectivity index is 2.27. The molecule has 20 heavy (non-hydrogen) atoms. The third-order valence-electron chi connectivity index (χ3n) is 3.62. The van der Waals surface area contributed by atoms with Crippen LogP contribution in [0.1, 0.15) is 33.1 Å². The highest BCUT2D eigenvalue weighted by atomic mass is 16.1. The molecule has 1 heterocycles. The van der Waals surface area contributed by atoms with E-state index in [1.54, 1.807) is 6.07 Å². The molecule has 0 amide bonds. The van der Waals surface area contributed by atoms with Gasteiger partial charge in [-0.1, -0.05) is 32.4 Å². The van der Waals surface area contributed by atoms with Gasteiger partial charge in [-0.05, 0) is 31.5 Å². The first-order valence-electron chi connectivity index (χ1n) is 7.57. The van der Waals surface area contributed by atoms with E-state index < -0.39 is 0 Å². The molecule has 0 radical (unpaired) electrons. The molecule has 1 N–H and O–H groups in total. The molecular weight excluding hydrogens is 248 g/mol. The standard InChI is InChI=1S/C17H24N2O/c1-3-7-14(18-11-4-2)13-19-12-10-17(20)15-8-5-6-9-16(15)19/h5-6,8-10,12,14,18H,3-4,7,11,13H2,1-2H3. The smallest absolute Gasteiger partial charge is 0.189 e. The Hall–Kier alpha value is -1.61. The van der Waals surface area contributed by atoms with Gasteiger partial charge in [0.15, 0.2) is 5.43 Å². The molecule has 1 aromatic carbocycles. The van der Waals surface area contributed by atoms with Crippen LogP contribution < -0.4 is 10.7 Å². The first-order valence-corrected chi connectivity index (χ1v) is 7.57. The second-order valence-electron chi connectivity index (χ2n) is 5.29. The maximum atomic E-state index is 11.9. The second-order valence-corrected chi connectivity index (χ2v) is 5.29. The fourth-order valence-corrected chi connectivity index (χ4v) is 2.61. The lowest BCUT2D eigenvalue weighted by atomic mass is 10.1. The van der Waals surface area contributed by atoms with Gasteiger partial charge in [-0.3, -0.25) is 4.79 Å². The van der Waals surface area contributed by atoms with Gasteiger partial charge in [-0.15, -0.1) is 0 Å². The minimum absolute atomic E-state index is 0.102. The van der Waals surface area contributed by atoms with Gasteiger partial charge < -0.3 is 9.88 Å². The molecule has 108 valence electrons. The summed E-state index contributed by atoms with van der Waals surface area (Å²) in [5.74, 6) is 0. The van der Waals surface area contributed by atoms with Gasteiger partial charge in [-0.2, -0.15) is 0 Å². The van der Waals surface area contributed by atoms with Crippen LogP contribution in [0.2, 0.25) is 0 Å². The quantitative estimate of drug-likeness (QED) is 0.840. The van der Waals surface area contributed by atoms with Gasteiger partial charge >= 0.3 is 0 Å². The molecule has 1 unspecified atom stereocenters. The number of hydrogen-bond donors (Lipinski definition) is 1. The van der Waals surface area contributed by atoms with E-state index in [-0.39, 0.29) is 5.43 Å². The molecular formula is C17H24N2O. The Bertz CT molecular complexity index is 603. The van der Waals surface area contributed by atoms with Gasteiger partial charge in [0, 0.05) is 30.2 Å². The van der Waals surface area contributed by atoms with Gasteiger partial charge in [0.1, 0.15) is 0 Å². The third kappa shape index (κ3) is 3.48. The van der Waals surface area contributed by atoms with E-state index in [1.165, 1.54) is 6.42 Å². The molecule has 0 aliphatic heterocycles. The summed E-state index contributed by atoms with van der Waals surface area (Å²) in [5.41, 5.74) is 1.13. The van der Waals surface area contributed by atoms with Crippen LogP contribution >= 0.6 is 0 Å². The summed E-state index contributed by atoms with van der Waals surface area (Å²) in [6, 6.07) is 9.98. The monoisotopic (exact) mass is 272 g/mol. The van der Waals surface area contributed by atoms with Crippen molar-refractivity contribution in [1.82, 2.24) is 9.88 Å². The number of rotatable bonds is 7. The number of para-hydroxylation sites is 1. The Morgan fingerprint density at radius 2 is 1.95 bits per heavy atom. The van der Waals surface area contributed by atoms with Crippen molar-refractivity contribution in [1.29, 1.82) is 0 Å². The van der Waals surface area contributed by atoms with Crippen molar-refractivity contribution in [3.63, 3.8) is 0 Å². The number of nitrogens with one attached hydrogen (secondary N) is 1. The Morgan fingerprint density at radius 1 is 1.15 bits per heavy atom. The number of pyridine rings is 1. The lowest BCUT2D eigenvalue weighted by Gasteiger charge is -2.20. The van der Waals surface area contributed by atoms with E-state index in [1.807, 2.05) is 30.5 Å². The molecule has 0 saturated heterocycles. The summed E-state index contributed by atoms with van der Waals surface area (Å²) in [4.78, 5) is 11.9. The fourth-order valence-electron chi connectivity index (χ4n) is 2.61. The lowest BCUT2D eigenvalue weighted by Crippen LogP contribution is -2.34. The molecule has 3 nitrogen and oxygen atoms in total. The Morgan fingerprint density at radius 3 is 2.70 bits per heavy atom. The van der Waals surface area contributed by atoms with E-state index in [0.717, 1.165) is 36.8 Å². The minimum Gasteiger partial charge on any atom is -0.346 e. The molecule has 0 aliphatic rings. The number of aromatic nitrogens is 1. The van der Waals surface area contributed by atoms with Crippen LogP contribution in [0.3, 0.4) is 0 Å². The summed E-state index contributed by atoms with van der Waals surface area (Å²) >= 11 is 0. The Kier molecular flexibility index (Phi) is 5.36. The van der Waals surface area contributed by atoms with E-state index in [2.05, 4.69) is 23.7 Å². The highest BCUT2D eigenvalue weighted by molar-refractivity contribution is 5.78. The first-order chi connectivity index (χ1) is 9.76. The zero-order valence-electron chi connectivity index (χ0n) is 12.4. The van der Waals surface area contributed by atoms with Crippen LogP contribution in [0.5, 0.6) is 0 Å². The van der Waals surface area contributed by atoms with Crippen LogP contribution in [-0.4, -0.2) is 17.2 Å². The summed E-state index contributed by atoms with van der Waals surface area (Å²) in [6.45, 7) is 6.35. The van der Waals surface area contributed by atoms with Crippen molar-refractivity contribution in [2.45, 2.75) is 45.7 Å². The molecule has 1 aromatic heterocycles. The molecule has 3 heteroatoms. The number of fused-ring (bicyclic) bond motifs is 1. The van der Waals surface area contributed by atoms with Crippen molar-refractivity contribution < 1.29 is 0 Å². The van der Waals surface area contributed by atoms with E-state index in [0.29, 0.717) is 6.04 Å². The average Bonchev–Trinajstić information content (AvgIpc) is 2.48. The SMILES string of the molecule is CCCNC(CCC)Cn1ccc(=O)c2ccccc21. The molecule has 0 saturated carbocycles. The van der Waals surface area contributed by atoms with Crippen molar-refractivity contribution >= 4 is 10.9 Å². The zero-order chi connectivity index (χ0) is 14.4. The summed E-state index contributed by atoms with van der Waals surface area (Å²) in [7, 11) is 0. The van der Waals surface area contributed by atoms with Gasteiger partial charge in [0.05, 0.1) is 5.52 Å². The van der Waals surface area contributed by atoms with Gasteiger partial charge in [0.2, 0.25) is 0 Å². The van der Waals surface area contributed by atoms with Crippen molar-refractivity contribution in [2.24, 2.45) is 0 Å². The van der Waals surface area contributed by atoms with Crippen LogP contribution in [0.15, 0.2) is 41.3 Å². The lowest BCUT2D eigenvalue weighted by molar-refractivity contribution is 0.424. The molecule has 0 bridgehead atoms. The second kappa shape index (κ2) is 7.25. The summed E-state index contributed by atoms with van der Waals surface area (Å²) in [5, 5.41) is 4.41. The molecule has 1 atom stereocenters. The average molecular weight is 272 g/mol. The summed E-state index contributed by atoms with van der Waals surface area (Å²) < 4.78 is 2.19. The van der Waals surface area contributed by atoms with Crippen LogP contribution in [0, 0.1) is 0 Å². The zero-order valence-corrected chi connectivity index (χ0v) is 12.4. The van der Waals surface area contributed by atoms with Gasteiger partial charge in [-0.25, -0.2) is 0 Å². The maximum absolute atomic E-state index is 11.9. The third-order valence-corrected chi connectivity index (χ3v) is 3.62. The molecule has 2 aromatic rings. The topological polar surface area (TPSA) is 34.0 Å². The number of nitrogens with zero attached hydrogens (tertiary/aromatic N) is 1. The first kappa shape index (κ1) is 14.8. The van der Waals surface area contributed by atoms with Crippen LogP contribution in [0.4, 0.5) is 0 Å². The predicted molar refractivity (Wildman–Crippen MR) is 85.2 cm³/mol. The highest BCUT2D eigenvalue weighted by Gasteiger charge is 2.09. The normalized spacial score (nSPS) is 12.7. The van der Waals surface area contributed by atoms with Crippen molar-refractivity contribution in [2.75, 3.05) is 6.54 Å². The summed E-state index contributed by atoms with van der Waals surface area (Å²) in [6.07, 6.45) is 5.38. The molecule has 0 fully saturated rings. The molecule has 0 aliphatic carbocycles. The van der Waals surface area contributed by atoms with Crippen LogP contribution in [0.25, 0.3) is 10.9 Å². The largest absolute Gasteiger partial charge is 0.346 e. The number of benzene rings is 1.